The summed E-state index contributed by atoms with van der Waals surface area (Å²) in [5.74, 6) is 0. The fourth-order valence-electron chi connectivity index (χ4n) is 0.906. The molecule has 0 radical (unpaired) electrons. The van der Waals surface area contributed by atoms with E-state index in [1.807, 2.05) is 6.07 Å². The van der Waals surface area contributed by atoms with Crippen LogP contribution in [-0.4, -0.2) is 25.0 Å². The van der Waals surface area contributed by atoms with E-state index in [0.717, 1.165) is 16.9 Å². The average Bonchev–Trinajstić information content (AvgIpc) is 2.37. The molecule has 0 fully saturated rings. The quantitative estimate of drug-likeness (QED) is 0.242. The third kappa shape index (κ3) is 5.59. The second-order valence-corrected chi connectivity index (χ2v) is 4.67. The highest BCUT2D eigenvalue weighted by Gasteiger charge is 2.06. The van der Waals surface area contributed by atoms with Gasteiger partial charge in [-0.05, 0) is 25.2 Å². The number of hydrogen-bond donors (Lipinski definition) is 2. The normalized spacial score (nSPS) is 12.6. The minimum absolute atomic E-state index is 0.410. The van der Waals surface area contributed by atoms with Gasteiger partial charge in [0.25, 0.3) is 0 Å². The summed E-state index contributed by atoms with van der Waals surface area (Å²) in [6.07, 6.45) is 0. The maximum atomic E-state index is 11.7. The van der Waals surface area contributed by atoms with E-state index >= 15 is 0 Å². The molecule has 0 saturated heterocycles. The summed E-state index contributed by atoms with van der Waals surface area (Å²) in [4.78, 5) is 5.77. The van der Waals surface area contributed by atoms with Crippen LogP contribution in [0.2, 0.25) is 0 Å². The van der Waals surface area contributed by atoms with Crippen LogP contribution in [0.3, 0.4) is 0 Å². The molecule has 0 aromatic heterocycles. The zero-order valence-corrected chi connectivity index (χ0v) is 11.1. The largest absolute Gasteiger partial charge is 0.306 e. The van der Waals surface area contributed by atoms with Gasteiger partial charge in [0.05, 0.1) is 30.7 Å². The molecule has 0 saturated carbocycles. The van der Waals surface area contributed by atoms with Crippen LogP contribution in [0.25, 0.3) is 0 Å². The Labute approximate surface area is 107 Å². The maximum absolute atomic E-state index is 11.7. The Hall–Kier alpha value is -0.480. The summed E-state index contributed by atoms with van der Waals surface area (Å²) in [7, 11) is 3.17. The molecule has 0 heterocycles. The highest BCUT2D eigenvalue weighted by Crippen LogP contribution is 2.21. The maximum Gasteiger partial charge on any atom is 0.206 e. The van der Waals surface area contributed by atoms with Crippen molar-refractivity contribution in [2.75, 3.05) is 20.8 Å². The summed E-state index contributed by atoms with van der Waals surface area (Å²) in [6.45, 7) is 0.410. The van der Waals surface area contributed by atoms with Crippen LogP contribution in [0.5, 0.6) is 0 Å². The average molecular weight is 278 g/mol. The molecule has 0 aliphatic heterocycles. The summed E-state index contributed by atoms with van der Waals surface area (Å²) in [5.41, 5.74) is 2.52. The fraction of sp³-hybridized carbons (Fsp3) is 0.333. The molecule has 6 nitrogen and oxygen atoms in total. The predicted molar refractivity (Wildman–Crippen MR) is 64.9 cm³/mol. The van der Waals surface area contributed by atoms with Crippen molar-refractivity contribution in [3.05, 3.63) is 24.3 Å². The van der Waals surface area contributed by atoms with Crippen LogP contribution in [0.1, 0.15) is 0 Å². The predicted octanol–water partition coefficient (Wildman–Crippen LogP) is 0.992. The lowest BCUT2D eigenvalue weighted by Crippen LogP contribution is -2.26. The second kappa shape index (κ2) is 8.59. The van der Waals surface area contributed by atoms with Gasteiger partial charge in [0.1, 0.15) is 0 Å². The van der Waals surface area contributed by atoms with E-state index in [4.69, 9.17) is 8.62 Å². The number of nitrogens with one attached hydrogen (secondary N) is 2. The smallest absolute Gasteiger partial charge is 0.206 e. The molecule has 0 bridgehead atoms. The molecule has 1 unspecified atom stereocenters. The minimum Gasteiger partial charge on any atom is -0.306 e. The fourth-order valence-corrected chi connectivity index (χ4v) is 2.11. The van der Waals surface area contributed by atoms with Crippen molar-refractivity contribution in [1.29, 1.82) is 0 Å². The molecule has 0 aliphatic rings. The summed E-state index contributed by atoms with van der Waals surface area (Å²) in [6, 6.07) is 6.97. The molecule has 0 aliphatic carbocycles. The molecule has 96 valence electrons. The van der Waals surface area contributed by atoms with Gasteiger partial charge in [-0.2, -0.15) is 14.1 Å². The number of hydrogen-bond acceptors (Lipinski definition) is 7. The second-order valence-electron chi connectivity index (χ2n) is 2.79. The van der Waals surface area contributed by atoms with Crippen molar-refractivity contribution < 1.29 is 17.7 Å². The lowest BCUT2D eigenvalue weighted by molar-refractivity contribution is -0.160. The first-order valence-electron chi connectivity index (χ1n) is 4.72. The first-order valence-corrected chi connectivity index (χ1v) is 6.53. The molecule has 0 spiro atoms. The van der Waals surface area contributed by atoms with E-state index in [1.165, 1.54) is 7.11 Å². The van der Waals surface area contributed by atoms with E-state index < -0.39 is 11.1 Å². The molecule has 0 amide bonds. The molecule has 1 aromatic rings. The van der Waals surface area contributed by atoms with Crippen LogP contribution in [-0.2, 0) is 24.6 Å². The van der Waals surface area contributed by atoms with E-state index in [9.17, 15) is 4.21 Å². The van der Waals surface area contributed by atoms with Gasteiger partial charge >= 0.3 is 0 Å². The van der Waals surface area contributed by atoms with Gasteiger partial charge in [0.15, 0.2) is 0 Å². The first-order chi connectivity index (χ1) is 8.27. The minimum atomic E-state index is -1.56. The van der Waals surface area contributed by atoms with Crippen LogP contribution in [0, 0.1) is 0 Å². The third-order valence-corrected chi connectivity index (χ3v) is 3.14. The highest BCUT2D eigenvalue weighted by molar-refractivity contribution is 7.94. The van der Waals surface area contributed by atoms with Crippen molar-refractivity contribution in [3.8, 4) is 0 Å². The summed E-state index contributed by atoms with van der Waals surface area (Å²) < 4.78 is 21.3. The van der Waals surface area contributed by atoms with E-state index in [2.05, 4.69) is 15.7 Å². The van der Waals surface area contributed by atoms with Crippen LogP contribution in [0.15, 0.2) is 34.1 Å². The van der Waals surface area contributed by atoms with Crippen LogP contribution >= 0.6 is 12.0 Å². The van der Waals surface area contributed by atoms with Crippen molar-refractivity contribution in [2.45, 2.75) is 9.79 Å². The van der Waals surface area contributed by atoms with E-state index in [1.54, 1.807) is 25.2 Å². The SMILES string of the molecule is CNCNOS(=O)c1cccc(SOOC)c1. The Kier molecular flexibility index (Phi) is 7.37. The molecule has 8 heteroatoms. The molecule has 1 atom stereocenters. The molecule has 2 N–H and O–H groups in total. The Balaban J connectivity index is 2.54. The Morgan fingerprint density at radius 3 is 3.00 bits per heavy atom. The summed E-state index contributed by atoms with van der Waals surface area (Å²) in [5, 5.41) is 2.80. The zero-order chi connectivity index (χ0) is 12.5. The molecule has 1 rings (SSSR count). The third-order valence-electron chi connectivity index (χ3n) is 1.58. The van der Waals surface area contributed by atoms with E-state index in [0.29, 0.717) is 11.6 Å². The van der Waals surface area contributed by atoms with Gasteiger partial charge in [-0.15, -0.1) is 0 Å². The Morgan fingerprint density at radius 1 is 1.47 bits per heavy atom. The molecular formula is C9H14N2O4S2. The Bertz CT molecular complexity index is 365. The van der Waals surface area contributed by atoms with E-state index in [-0.39, 0.29) is 0 Å². The lowest BCUT2D eigenvalue weighted by Gasteiger charge is -2.05. The van der Waals surface area contributed by atoms with Gasteiger partial charge in [-0.25, -0.2) is 9.10 Å². The number of benzene rings is 1. The summed E-state index contributed by atoms with van der Waals surface area (Å²) >= 11 is -0.526. The highest BCUT2D eigenvalue weighted by atomic mass is 32.2. The topological polar surface area (TPSA) is 68.8 Å². The van der Waals surface area contributed by atoms with Crippen molar-refractivity contribution in [3.63, 3.8) is 0 Å². The lowest BCUT2D eigenvalue weighted by atomic mass is 10.4. The standard InChI is InChI=1S/C9H14N2O4S2/c1-10-7-11-14-17(12)9-5-3-4-8(6-9)16-15-13-2/h3-6,10-11H,7H2,1-2H3. The van der Waals surface area contributed by atoms with Crippen molar-refractivity contribution >= 4 is 23.1 Å². The number of hydroxylamine groups is 1. The van der Waals surface area contributed by atoms with Crippen molar-refractivity contribution in [2.24, 2.45) is 0 Å². The monoisotopic (exact) mass is 278 g/mol. The van der Waals surface area contributed by atoms with Crippen LogP contribution in [0.4, 0.5) is 0 Å². The zero-order valence-electron chi connectivity index (χ0n) is 9.47. The van der Waals surface area contributed by atoms with Gasteiger partial charge in [0.2, 0.25) is 11.1 Å². The first kappa shape index (κ1) is 14.6. The molecular weight excluding hydrogens is 264 g/mol. The number of rotatable bonds is 8. The van der Waals surface area contributed by atoms with Gasteiger partial charge < -0.3 is 5.32 Å². The molecule has 17 heavy (non-hydrogen) atoms. The molecule has 1 aromatic carbocycles. The Morgan fingerprint density at radius 2 is 2.29 bits per heavy atom. The van der Waals surface area contributed by atoms with Gasteiger partial charge in [-0.1, -0.05) is 6.07 Å². The van der Waals surface area contributed by atoms with Crippen LogP contribution < -0.4 is 10.8 Å². The van der Waals surface area contributed by atoms with Gasteiger partial charge in [0, 0.05) is 4.90 Å². The van der Waals surface area contributed by atoms with Gasteiger partial charge in [-0.3, -0.25) is 0 Å². The van der Waals surface area contributed by atoms with Crippen molar-refractivity contribution in [1.82, 2.24) is 10.8 Å².